The number of piperidine rings is 1. The van der Waals surface area contributed by atoms with E-state index in [4.69, 9.17) is 0 Å². The zero-order valence-electron chi connectivity index (χ0n) is 17.0. The van der Waals surface area contributed by atoms with Crippen LogP contribution < -0.4 is 5.32 Å². The molecule has 29 heavy (non-hydrogen) atoms. The molecule has 2 atom stereocenters. The molecule has 3 aliphatic rings. The summed E-state index contributed by atoms with van der Waals surface area (Å²) in [5.41, 5.74) is 0.600. The van der Waals surface area contributed by atoms with Gasteiger partial charge >= 0.3 is 0 Å². The van der Waals surface area contributed by atoms with Crippen LogP contribution in [0.1, 0.15) is 51.9 Å². The van der Waals surface area contributed by atoms with E-state index >= 15 is 0 Å². The molecule has 0 aromatic heterocycles. The largest absolute Gasteiger partial charge is 0.326 e. The summed E-state index contributed by atoms with van der Waals surface area (Å²) in [5, 5.41) is 2.92. The molecule has 4 rings (SSSR count). The molecule has 0 radical (unpaired) electrons. The maximum Gasteiger partial charge on any atom is 0.243 e. The van der Waals surface area contributed by atoms with Crippen molar-refractivity contribution >= 4 is 27.4 Å². The first-order valence-corrected chi connectivity index (χ1v) is 12.2. The summed E-state index contributed by atoms with van der Waals surface area (Å²) < 4.78 is 27.2. The van der Waals surface area contributed by atoms with E-state index in [0.29, 0.717) is 43.3 Å². The molecule has 1 aromatic carbocycles. The summed E-state index contributed by atoms with van der Waals surface area (Å²) in [4.78, 5) is 25.2. The maximum atomic E-state index is 12.8. The maximum absolute atomic E-state index is 12.8. The predicted molar refractivity (Wildman–Crippen MR) is 111 cm³/mol. The second kappa shape index (κ2) is 8.19. The Bertz CT molecular complexity index is 857. The van der Waals surface area contributed by atoms with Crippen molar-refractivity contribution < 1.29 is 18.0 Å². The monoisotopic (exact) mass is 418 g/mol. The lowest BCUT2D eigenvalue weighted by Gasteiger charge is -2.36. The van der Waals surface area contributed by atoms with E-state index in [1.54, 1.807) is 28.6 Å². The van der Waals surface area contributed by atoms with Gasteiger partial charge in [0, 0.05) is 36.5 Å². The van der Waals surface area contributed by atoms with Gasteiger partial charge in [0.05, 0.1) is 4.90 Å². The molecular formula is C22H30N2O4S. The predicted octanol–water partition coefficient (Wildman–Crippen LogP) is 3.44. The van der Waals surface area contributed by atoms with Crippen molar-refractivity contribution in [2.24, 2.45) is 23.7 Å². The van der Waals surface area contributed by atoms with E-state index in [0.717, 1.165) is 32.1 Å². The summed E-state index contributed by atoms with van der Waals surface area (Å²) in [7, 11) is -3.48. The molecule has 2 saturated carbocycles. The van der Waals surface area contributed by atoms with Crippen LogP contribution >= 0.6 is 0 Å². The molecule has 1 heterocycles. The molecule has 2 aliphatic carbocycles. The Morgan fingerprint density at radius 1 is 1.00 bits per heavy atom. The molecule has 1 N–H and O–H groups in total. The lowest BCUT2D eigenvalue weighted by atomic mass is 9.67. The Morgan fingerprint density at radius 2 is 1.59 bits per heavy atom. The van der Waals surface area contributed by atoms with Crippen LogP contribution in [0.5, 0.6) is 0 Å². The molecule has 6 nitrogen and oxygen atoms in total. The first kappa shape index (κ1) is 20.5. The number of benzene rings is 1. The van der Waals surface area contributed by atoms with E-state index in [1.165, 1.54) is 0 Å². The molecule has 7 heteroatoms. The molecule has 2 bridgehead atoms. The summed E-state index contributed by atoms with van der Waals surface area (Å²) in [5.74, 6) is 0.795. The lowest BCUT2D eigenvalue weighted by molar-refractivity contribution is -0.136. The van der Waals surface area contributed by atoms with Crippen molar-refractivity contribution in [1.29, 1.82) is 0 Å². The Labute approximate surface area is 173 Å². The fraction of sp³-hybridized carbons (Fsp3) is 0.636. The number of carbonyl (C=O) groups is 2. The zero-order chi connectivity index (χ0) is 20.6. The summed E-state index contributed by atoms with van der Waals surface area (Å²) in [6, 6.07) is 6.46. The van der Waals surface area contributed by atoms with Gasteiger partial charge in [-0.3, -0.25) is 9.59 Å². The van der Waals surface area contributed by atoms with Gasteiger partial charge in [-0.05, 0) is 68.7 Å². The van der Waals surface area contributed by atoms with Crippen molar-refractivity contribution in [3.63, 3.8) is 0 Å². The van der Waals surface area contributed by atoms with E-state index in [9.17, 15) is 18.0 Å². The highest BCUT2D eigenvalue weighted by molar-refractivity contribution is 7.89. The SMILES string of the molecule is CC1CCN(S(=O)(=O)c2ccc(NC(=O)C3CC4CCCC(C3)C4=O)cc2)CC1. The van der Waals surface area contributed by atoms with E-state index in [2.05, 4.69) is 12.2 Å². The number of nitrogens with zero attached hydrogens (tertiary/aromatic N) is 1. The number of Topliss-reactive ketones (excluding diaryl/α,β-unsaturated/α-hetero) is 1. The highest BCUT2D eigenvalue weighted by Crippen LogP contribution is 2.40. The summed E-state index contributed by atoms with van der Waals surface area (Å²) in [6.45, 7) is 3.27. The van der Waals surface area contributed by atoms with Crippen molar-refractivity contribution in [3.8, 4) is 0 Å². The third-order valence-corrected chi connectivity index (χ3v) is 8.83. The van der Waals surface area contributed by atoms with Gasteiger partial charge in [0.15, 0.2) is 0 Å². The third-order valence-electron chi connectivity index (χ3n) is 6.92. The van der Waals surface area contributed by atoms with Gasteiger partial charge in [-0.15, -0.1) is 0 Å². The molecule has 1 aliphatic heterocycles. The van der Waals surface area contributed by atoms with Crippen molar-refractivity contribution in [2.75, 3.05) is 18.4 Å². The van der Waals surface area contributed by atoms with Gasteiger partial charge in [0.25, 0.3) is 0 Å². The van der Waals surface area contributed by atoms with Crippen molar-refractivity contribution in [2.45, 2.75) is 56.8 Å². The average molecular weight is 419 g/mol. The third kappa shape index (κ3) is 4.26. The molecule has 1 aromatic rings. The molecule has 2 unspecified atom stereocenters. The number of amides is 1. The van der Waals surface area contributed by atoms with Gasteiger partial charge in [0.2, 0.25) is 15.9 Å². The van der Waals surface area contributed by atoms with Crippen LogP contribution in [0.4, 0.5) is 5.69 Å². The Kier molecular flexibility index (Phi) is 5.80. The quantitative estimate of drug-likeness (QED) is 0.812. The Balaban J connectivity index is 1.39. The van der Waals surface area contributed by atoms with E-state index in [-0.39, 0.29) is 28.6 Å². The number of sulfonamides is 1. The lowest BCUT2D eigenvalue weighted by Crippen LogP contribution is -2.40. The number of carbonyl (C=O) groups excluding carboxylic acids is 2. The number of hydrogen-bond donors (Lipinski definition) is 1. The number of nitrogens with one attached hydrogen (secondary N) is 1. The van der Waals surface area contributed by atoms with Gasteiger partial charge in [-0.1, -0.05) is 13.3 Å². The van der Waals surface area contributed by atoms with Crippen LogP contribution in [-0.4, -0.2) is 37.5 Å². The fourth-order valence-electron chi connectivity index (χ4n) is 5.02. The highest BCUT2D eigenvalue weighted by Gasteiger charge is 2.41. The van der Waals surface area contributed by atoms with Crippen molar-refractivity contribution in [1.82, 2.24) is 4.31 Å². The van der Waals surface area contributed by atoms with Crippen LogP contribution in [0.3, 0.4) is 0 Å². The van der Waals surface area contributed by atoms with Gasteiger partial charge < -0.3 is 5.32 Å². The molecule has 0 spiro atoms. The smallest absolute Gasteiger partial charge is 0.243 e. The number of ketones is 1. The Morgan fingerprint density at radius 3 is 2.17 bits per heavy atom. The molecular weight excluding hydrogens is 388 g/mol. The van der Waals surface area contributed by atoms with Gasteiger partial charge in [-0.25, -0.2) is 8.42 Å². The topological polar surface area (TPSA) is 83.6 Å². The highest BCUT2D eigenvalue weighted by atomic mass is 32.2. The van der Waals surface area contributed by atoms with Gasteiger partial charge in [-0.2, -0.15) is 4.31 Å². The normalized spacial score (nSPS) is 28.9. The minimum Gasteiger partial charge on any atom is -0.326 e. The molecule has 1 saturated heterocycles. The van der Waals surface area contributed by atoms with E-state index < -0.39 is 10.0 Å². The minimum atomic E-state index is -3.48. The summed E-state index contributed by atoms with van der Waals surface area (Å²) >= 11 is 0. The number of anilines is 1. The van der Waals surface area contributed by atoms with E-state index in [1.807, 2.05) is 0 Å². The molecule has 3 fully saturated rings. The number of hydrogen-bond acceptors (Lipinski definition) is 4. The van der Waals surface area contributed by atoms with Gasteiger partial charge in [0.1, 0.15) is 5.78 Å². The summed E-state index contributed by atoms with van der Waals surface area (Å²) in [6.07, 6.45) is 5.95. The molecule has 1 amide bonds. The standard InChI is InChI=1S/C22H30N2O4S/c1-15-9-11-24(12-10-15)29(27,28)20-7-5-19(6-8-20)23-22(26)18-13-16-3-2-4-17(14-18)21(16)25/h5-8,15-18H,2-4,9-14H2,1H3,(H,23,26). The fourth-order valence-corrected chi connectivity index (χ4v) is 6.49. The van der Waals surface area contributed by atoms with Crippen LogP contribution in [0.25, 0.3) is 0 Å². The van der Waals surface area contributed by atoms with Crippen LogP contribution in [0.2, 0.25) is 0 Å². The van der Waals surface area contributed by atoms with Crippen LogP contribution in [0.15, 0.2) is 29.2 Å². The first-order chi connectivity index (χ1) is 13.8. The molecule has 158 valence electrons. The minimum absolute atomic E-state index is 0.0398. The second-order valence-electron chi connectivity index (χ2n) is 9.00. The Hall–Kier alpha value is -1.73. The number of fused-ring (bicyclic) bond motifs is 2. The first-order valence-electron chi connectivity index (χ1n) is 10.8. The average Bonchev–Trinajstić information content (AvgIpc) is 2.68. The van der Waals surface area contributed by atoms with Crippen molar-refractivity contribution in [3.05, 3.63) is 24.3 Å². The van der Waals surface area contributed by atoms with Crippen LogP contribution in [-0.2, 0) is 19.6 Å². The second-order valence-corrected chi connectivity index (χ2v) is 10.9. The zero-order valence-corrected chi connectivity index (χ0v) is 17.8. The van der Waals surface area contributed by atoms with Crippen LogP contribution in [0, 0.1) is 23.7 Å². The number of rotatable bonds is 4.